The zero-order chi connectivity index (χ0) is 19.2. The highest BCUT2D eigenvalue weighted by Crippen LogP contribution is 2.28. The molecule has 0 saturated heterocycles. The lowest BCUT2D eigenvalue weighted by Gasteiger charge is -2.28. The number of aliphatic hydroxyl groups excluding tert-OH is 1. The molecule has 2 aliphatic carbocycles. The number of anilines is 1. The number of nitrogens with two attached hydrogens (primary N) is 1. The fourth-order valence-corrected chi connectivity index (χ4v) is 4.37. The average molecular weight is 377 g/mol. The minimum atomic E-state index is -0.494. The number of carbonyl (C=O) groups excluding carboxylic acids is 1. The van der Waals surface area contributed by atoms with Gasteiger partial charge in [-0.2, -0.15) is 0 Å². The zero-order valence-electron chi connectivity index (χ0n) is 16.2. The van der Waals surface area contributed by atoms with Crippen LogP contribution in [0, 0.1) is 5.92 Å². The SMILES string of the molecule is COC1CCC(Nc2ncc(C(N)=O)c(C[C@@H]3CCCC[C@H](O)C3)n2)CC1. The Balaban J connectivity index is 1.69. The highest BCUT2D eigenvalue weighted by Gasteiger charge is 2.24. The van der Waals surface area contributed by atoms with Crippen molar-refractivity contribution in [3.05, 3.63) is 17.5 Å². The van der Waals surface area contributed by atoms with E-state index < -0.39 is 5.91 Å². The Morgan fingerprint density at radius 1 is 1.26 bits per heavy atom. The first kappa shape index (κ1) is 20.0. The molecule has 4 N–H and O–H groups in total. The quantitative estimate of drug-likeness (QED) is 0.658. The Labute approximate surface area is 161 Å². The summed E-state index contributed by atoms with van der Waals surface area (Å²) in [6, 6.07) is 0.323. The van der Waals surface area contributed by atoms with E-state index >= 15 is 0 Å². The molecule has 1 aromatic rings. The molecule has 2 saturated carbocycles. The number of methoxy groups -OCH3 is 1. The van der Waals surface area contributed by atoms with Crippen LogP contribution >= 0.6 is 0 Å². The molecule has 1 aromatic heterocycles. The summed E-state index contributed by atoms with van der Waals surface area (Å²) in [4.78, 5) is 20.8. The third-order valence-corrected chi connectivity index (χ3v) is 5.96. The van der Waals surface area contributed by atoms with E-state index in [0.29, 0.717) is 41.7 Å². The van der Waals surface area contributed by atoms with Crippen molar-refractivity contribution in [1.82, 2.24) is 9.97 Å². The summed E-state index contributed by atoms with van der Waals surface area (Å²) in [5.74, 6) is 0.386. The number of primary amides is 1. The molecule has 1 heterocycles. The fourth-order valence-electron chi connectivity index (χ4n) is 4.37. The van der Waals surface area contributed by atoms with E-state index in [1.54, 1.807) is 13.3 Å². The van der Waals surface area contributed by atoms with Gasteiger partial charge in [-0.05, 0) is 57.3 Å². The third kappa shape index (κ3) is 5.62. The van der Waals surface area contributed by atoms with E-state index in [4.69, 9.17) is 10.5 Å². The van der Waals surface area contributed by atoms with Gasteiger partial charge in [-0.1, -0.05) is 12.8 Å². The molecule has 0 aromatic carbocycles. The summed E-state index contributed by atoms with van der Waals surface area (Å²) in [6.45, 7) is 0. The first-order valence-electron chi connectivity index (χ1n) is 10.2. The second-order valence-corrected chi connectivity index (χ2v) is 8.02. The molecule has 0 radical (unpaired) electrons. The molecule has 0 bridgehead atoms. The summed E-state index contributed by atoms with van der Waals surface area (Å²) in [5, 5.41) is 13.5. The molecule has 7 heteroatoms. The van der Waals surface area contributed by atoms with Crippen LogP contribution in [0.25, 0.3) is 0 Å². The lowest BCUT2D eigenvalue weighted by molar-refractivity contribution is 0.0681. The Morgan fingerprint density at radius 3 is 2.70 bits per heavy atom. The number of nitrogens with zero attached hydrogens (tertiary/aromatic N) is 2. The molecule has 2 atom stereocenters. The Morgan fingerprint density at radius 2 is 2.00 bits per heavy atom. The Bertz CT molecular complexity index is 632. The van der Waals surface area contributed by atoms with Crippen molar-refractivity contribution < 1.29 is 14.6 Å². The number of aliphatic hydroxyl groups is 1. The summed E-state index contributed by atoms with van der Waals surface area (Å²) >= 11 is 0. The van der Waals surface area contributed by atoms with Gasteiger partial charge in [0.1, 0.15) is 0 Å². The van der Waals surface area contributed by atoms with E-state index in [1.807, 2.05) is 0 Å². The highest BCUT2D eigenvalue weighted by molar-refractivity contribution is 5.93. The largest absolute Gasteiger partial charge is 0.393 e. The first-order chi connectivity index (χ1) is 13.0. The Hall–Kier alpha value is -1.73. The predicted octanol–water partition coefficient (Wildman–Crippen LogP) is 2.43. The molecule has 0 aliphatic heterocycles. The minimum Gasteiger partial charge on any atom is -0.393 e. The van der Waals surface area contributed by atoms with E-state index in [2.05, 4.69) is 15.3 Å². The number of aromatic nitrogens is 2. The van der Waals surface area contributed by atoms with Crippen molar-refractivity contribution in [1.29, 1.82) is 0 Å². The van der Waals surface area contributed by atoms with Gasteiger partial charge < -0.3 is 20.9 Å². The van der Waals surface area contributed by atoms with Gasteiger partial charge in [0.2, 0.25) is 5.95 Å². The number of rotatable bonds is 6. The van der Waals surface area contributed by atoms with Crippen LogP contribution in [0.5, 0.6) is 0 Å². The van der Waals surface area contributed by atoms with Gasteiger partial charge in [0.25, 0.3) is 5.91 Å². The second kappa shape index (κ2) is 9.46. The summed E-state index contributed by atoms with van der Waals surface area (Å²) in [5.41, 5.74) is 6.63. The van der Waals surface area contributed by atoms with Crippen LogP contribution in [0.2, 0.25) is 0 Å². The lowest BCUT2D eigenvalue weighted by atomic mass is 9.92. The van der Waals surface area contributed by atoms with Gasteiger partial charge in [-0.25, -0.2) is 9.97 Å². The van der Waals surface area contributed by atoms with E-state index in [-0.39, 0.29) is 6.10 Å². The highest BCUT2D eigenvalue weighted by atomic mass is 16.5. The molecular weight excluding hydrogens is 344 g/mol. The number of hydrogen-bond donors (Lipinski definition) is 3. The van der Waals surface area contributed by atoms with Gasteiger partial charge in [-0.15, -0.1) is 0 Å². The van der Waals surface area contributed by atoms with Crippen LogP contribution in [0.15, 0.2) is 6.20 Å². The molecule has 2 aliphatic rings. The average Bonchev–Trinajstić information content (AvgIpc) is 2.86. The Kier molecular flexibility index (Phi) is 7.01. The first-order valence-corrected chi connectivity index (χ1v) is 10.2. The topological polar surface area (TPSA) is 110 Å². The van der Waals surface area contributed by atoms with Gasteiger partial charge in [0.15, 0.2) is 0 Å². The predicted molar refractivity (Wildman–Crippen MR) is 104 cm³/mol. The molecule has 150 valence electrons. The van der Waals surface area contributed by atoms with E-state index in [0.717, 1.165) is 57.8 Å². The molecule has 0 unspecified atom stereocenters. The lowest BCUT2D eigenvalue weighted by Crippen LogP contribution is -2.30. The molecule has 0 spiro atoms. The van der Waals surface area contributed by atoms with Gasteiger partial charge in [-0.3, -0.25) is 4.79 Å². The number of hydrogen-bond acceptors (Lipinski definition) is 6. The van der Waals surface area contributed by atoms with E-state index in [9.17, 15) is 9.90 Å². The van der Waals surface area contributed by atoms with Crippen molar-refractivity contribution in [3.63, 3.8) is 0 Å². The van der Waals surface area contributed by atoms with Crippen molar-refractivity contribution >= 4 is 11.9 Å². The normalized spacial score (nSPS) is 29.1. The number of amides is 1. The second-order valence-electron chi connectivity index (χ2n) is 8.02. The van der Waals surface area contributed by atoms with Gasteiger partial charge in [0, 0.05) is 19.3 Å². The molecule has 1 amide bonds. The van der Waals surface area contributed by atoms with Crippen molar-refractivity contribution in [2.45, 2.75) is 82.5 Å². The van der Waals surface area contributed by atoms with E-state index in [1.165, 1.54) is 0 Å². The summed E-state index contributed by atoms with van der Waals surface area (Å²) < 4.78 is 5.42. The van der Waals surface area contributed by atoms with Crippen molar-refractivity contribution in [3.8, 4) is 0 Å². The van der Waals surface area contributed by atoms with Gasteiger partial charge in [0.05, 0.1) is 23.5 Å². The smallest absolute Gasteiger partial charge is 0.252 e. The maximum Gasteiger partial charge on any atom is 0.252 e. The zero-order valence-corrected chi connectivity index (χ0v) is 16.2. The standard InChI is InChI=1S/C20H32N4O3/c1-27-16-8-6-14(7-9-16)23-20-22-12-17(19(21)26)18(24-20)11-13-4-2-3-5-15(25)10-13/h12-16,25H,2-11H2,1H3,(H2,21,26)(H,22,23,24)/t13-,14?,15+,16?/m1/s1. The number of ether oxygens (including phenoxy) is 1. The van der Waals surface area contributed by atoms with Crippen LogP contribution < -0.4 is 11.1 Å². The monoisotopic (exact) mass is 376 g/mol. The molecule has 27 heavy (non-hydrogen) atoms. The van der Waals surface area contributed by atoms with Crippen LogP contribution in [-0.2, 0) is 11.2 Å². The fraction of sp³-hybridized carbons (Fsp3) is 0.750. The van der Waals surface area contributed by atoms with Gasteiger partial charge >= 0.3 is 0 Å². The number of nitrogens with one attached hydrogen (secondary N) is 1. The number of carbonyl (C=O) groups is 1. The summed E-state index contributed by atoms with van der Waals surface area (Å²) in [7, 11) is 1.76. The van der Waals surface area contributed by atoms with Crippen molar-refractivity contribution in [2.75, 3.05) is 12.4 Å². The minimum absolute atomic E-state index is 0.259. The van der Waals surface area contributed by atoms with Crippen LogP contribution in [0.1, 0.15) is 73.8 Å². The maximum atomic E-state index is 11.8. The molecule has 3 rings (SSSR count). The third-order valence-electron chi connectivity index (χ3n) is 5.96. The molecule has 2 fully saturated rings. The van der Waals surface area contributed by atoms with Crippen LogP contribution in [0.4, 0.5) is 5.95 Å². The summed E-state index contributed by atoms with van der Waals surface area (Å²) in [6.07, 6.45) is 11.2. The molecule has 7 nitrogen and oxygen atoms in total. The van der Waals surface area contributed by atoms with Crippen LogP contribution in [0.3, 0.4) is 0 Å². The maximum absolute atomic E-state index is 11.8. The van der Waals surface area contributed by atoms with Crippen molar-refractivity contribution in [2.24, 2.45) is 11.7 Å². The molecular formula is C20H32N4O3. The van der Waals surface area contributed by atoms with Crippen LogP contribution in [-0.4, -0.2) is 46.3 Å².